The number of nitrogens with zero attached hydrogens (tertiary/aromatic N) is 2. The molecule has 1 heterocycles. The van der Waals surface area contributed by atoms with Gasteiger partial charge in [-0.05, 0) is 13.1 Å². The van der Waals surface area contributed by atoms with E-state index in [9.17, 15) is 0 Å². The summed E-state index contributed by atoms with van der Waals surface area (Å²) in [7, 11) is 0. The van der Waals surface area contributed by atoms with Gasteiger partial charge >= 0.3 is 0 Å². The Morgan fingerprint density at radius 3 is 2.85 bits per heavy atom. The fraction of sp³-hybridized carbons (Fsp3) is 0.556. The van der Waals surface area contributed by atoms with E-state index in [1.54, 1.807) is 0 Å². The van der Waals surface area contributed by atoms with Crippen LogP contribution in [0, 0.1) is 0 Å². The second kappa shape index (κ2) is 6.97. The van der Waals surface area contributed by atoms with Crippen LogP contribution in [0.15, 0.2) is 25.2 Å². The minimum atomic E-state index is 0. The van der Waals surface area contributed by atoms with Crippen molar-refractivity contribution in [2.45, 2.75) is 6.92 Å². The van der Waals surface area contributed by atoms with Crippen molar-refractivity contribution in [3.05, 3.63) is 25.2 Å². The third-order valence-corrected chi connectivity index (χ3v) is 1.78. The maximum absolute atomic E-state index is 5.24. The van der Waals surface area contributed by atoms with E-state index in [1.807, 2.05) is 24.2 Å². The maximum atomic E-state index is 5.24. The maximum Gasteiger partial charge on any atom is 0.0936 e. The highest BCUT2D eigenvalue weighted by Gasteiger charge is 2.07. The van der Waals surface area contributed by atoms with Gasteiger partial charge in [0, 0.05) is 25.6 Å². The van der Waals surface area contributed by atoms with Crippen molar-refractivity contribution in [3.63, 3.8) is 0 Å². The van der Waals surface area contributed by atoms with Crippen LogP contribution in [0.2, 0.25) is 0 Å². The summed E-state index contributed by atoms with van der Waals surface area (Å²) in [5.41, 5.74) is 0. The average molecular weight is 249 g/mol. The SMILES string of the molecule is Br.C=CN1C=CN(CCOCC)C1. The molecule has 0 aliphatic carbocycles. The molecule has 0 saturated carbocycles. The Kier molecular flexibility index (Phi) is 6.72. The summed E-state index contributed by atoms with van der Waals surface area (Å²) in [5, 5.41) is 0. The fourth-order valence-electron chi connectivity index (χ4n) is 1.07. The molecule has 0 saturated heterocycles. The van der Waals surface area contributed by atoms with Crippen LogP contribution in [0.25, 0.3) is 0 Å². The molecular formula is C9H17BrN2O. The molecule has 1 aliphatic rings. The van der Waals surface area contributed by atoms with Crippen LogP contribution < -0.4 is 0 Å². The van der Waals surface area contributed by atoms with Crippen molar-refractivity contribution >= 4 is 17.0 Å². The molecule has 1 rings (SSSR count). The van der Waals surface area contributed by atoms with Gasteiger partial charge in [-0.1, -0.05) is 6.58 Å². The topological polar surface area (TPSA) is 15.7 Å². The van der Waals surface area contributed by atoms with E-state index in [0.717, 1.165) is 26.4 Å². The summed E-state index contributed by atoms with van der Waals surface area (Å²) >= 11 is 0. The summed E-state index contributed by atoms with van der Waals surface area (Å²) in [5.74, 6) is 0. The van der Waals surface area contributed by atoms with Gasteiger partial charge in [0.2, 0.25) is 0 Å². The van der Waals surface area contributed by atoms with Gasteiger partial charge in [-0.15, -0.1) is 17.0 Å². The van der Waals surface area contributed by atoms with Gasteiger partial charge in [-0.3, -0.25) is 0 Å². The molecule has 3 nitrogen and oxygen atoms in total. The van der Waals surface area contributed by atoms with Crippen molar-refractivity contribution in [1.82, 2.24) is 9.80 Å². The molecule has 0 radical (unpaired) electrons. The van der Waals surface area contributed by atoms with E-state index in [0.29, 0.717) is 0 Å². The zero-order valence-corrected chi connectivity index (χ0v) is 9.69. The quantitative estimate of drug-likeness (QED) is 0.691. The highest BCUT2D eigenvalue weighted by atomic mass is 79.9. The summed E-state index contributed by atoms with van der Waals surface area (Å²) in [4.78, 5) is 4.23. The van der Waals surface area contributed by atoms with E-state index in [2.05, 4.69) is 17.7 Å². The van der Waals surface area contributed by atoms with Gasteiger partial charge in [0.1, 0.15) is 0 Å². The lowest BCUT2D eigenvalue weighted by molar-refractivity contribution is 0.124. The van der Waals surface area contributed by atoms with Gasteiger partial charge in [0.05, 0.1) is 13.3 Å². The second-order valence-electron chi connectivity index (χ2n) is 2.65. The molecular weight excluding hydrogens is 232 g/mol. The normalized spacial score (nSPS) is 14.5. The predicted molar refractivity (Wildman–Crippen MR) is 59.6 cm³/mol. The molecule has 0 N–H and O–H groups in total. The summed E-state index contributed by atoms with van der Waals surface area (Å²) in [6.07, 6.45) is 5.89. The number of halogens is 1. The van der Waals surface area contributed by atoms with E-state index in [1.165, 1.54) is 0 Å². The monoisotopic (exact) mass is 248 g/mol. The largest absolute Gasteiger partial charge is 0.380 e. The smallest absolute Gasteiger partial charge is 0.0936 e. The van der Waals surface area contributed by atoms with Gasteiger partial charge in [-0.2, -0.15) is 0 Å². The number of hydrogen-bond acceptors (Lipinski definition) is 3. The lowest BCUT2D eigenvalue weighted by Crippen LogP contribution is -2.25. The zero-order chi connectivity index (χ0) is 8.81. The molecule has 0 unspecified atom stereocenters. The van der Waals surface area contributed by atoms with Gasteiger partial charge in [-0.25, -0.2) is 0 Å². The highest BCUT2D eigenvalue weighted by Crippen LogP contribution is 2.05. The van der Waals surface area contributed by atoms with Gasteiger partial charge in [0.15, 0.2) is 0 Å². The standard InChI is InChI=1S/C9H16N2O.BrH/c1-3-10-5-6-11(9-10)7-8-12-4-2;/h3,5-6H,1,4,7-9H2,2H3;1H. The van der Waals surface area contributed by atoms with Crippen LogP contribution in [0.1, 0.15) is 6.92 Å². The number of rotatable bonds is 5. The van der Waals surface area contributed by atoms with Crippen LogP contribution in [0.3, 0.4) is 0 Å². The molecule has 0 bridgehead atoms. The molecule has 0 amide bonds. The van der Waals surface area contributed by atoms with Crippen molar-refractivity contribution in [3.8, 4) is 0 Å². The molecule has 0 fully saturated rings. The molecule has 4 heteroatoms. The first-order chi connectivity index (χ1) is 5.86. The molecule has 0 atom stereocenters. The van der Waals surface area contributed by atoms with E-state index < -0.39 is 0 Å². The van der Waals surface area contributed by atoms with Gasteiger partial charge < -0.3 is 14.5 Å². The van der Waals surface area contributed by atoms with Crippen molar-refractivity contribution in [2.75, 3.05) is 26.4 Å². The first-order valence-corrected chi connectivity index (χ1v) is 4.25. The molecule has 0 spiro atoms. The van der Waals surface area contributed by atoms with Crippen molar-refractivity contribution in [1.29, 1.82) is 0 Å². The molecule has 76 valence electrons. The van der Waals surface area contributed by atoms with Crippen LogP contribution >= 0.6 is 17.0 Å². The molecule has 0 aromatic carbocycles. The second-order valence-corrected chi connectivity index (χ2v) is 2.65. The third-order valence-electron chi connectivity index (χ3n) is 1.78. The van der Waals surface area contributed by atoms with Crippen LogP contribution in [0.5, 0.6) is 0 Å². The highest BCUT2D eigenvalue weighted by molar-refractivity contribution is 8.93. The Balaban J connectivity index is 0.00000144. The van der Waals surface area contributed by atoms with E-state index in [-0.39, 0.29) is 17.0 Å². The Bertz CT molecular complexity index is 173. The number of ether oxygens (including phenoxy) is 1. The Labute approximate surface area is 90.4 Å². The van der Waals surface area contributed by atoms with E-state index >= 15 is 0 Å². The summed E-state index contributed by atoms with van der Waals surface area (Å²) in [6, 6.07) is 0. The van der Waals surface area contributed by atoms with E-state index in [4.69, 9.17) is 4.74 Å². The minimum absolute atomic E-state index is 0. The van der Waals surface area contributed by atoms with Crippen molar-refractivity contribution in [2.24, 2.45) is 0 Å². The predicted octanol–water partition coefficient (Wildman–Crippen LogP) is 1.79. The average Bonchev–Trinajstić information content (AvgIpc) is 2.53. The number of hydrogen-bond donors (Lipinski definition) is 0. The summed E-state index contributed by atoms with van der Waals surface area (Å²) in [6.45, 7) is 9.14. The Hall–Kier alpha value is -0.480. The molecule has 13 heavy (non-hydrogen) atoms. The van der Waals surface area contributed by atoms with Crippen LogP contribution in [-0.4, -0.2) is 36.2 Å². The first kappa shape index (κ1) is 12.5. The third kappa shape index (κ3) is 4.33. The van der Waals surface area contributed by atoms with Crippen LogP contribution in [0.4, 0.5) is 0 Å². The van der Waals surface area contributed by atoms with Crippen molar-refractivity contribution < 1.29 is 4.74 Å². The molecule has 1 aliphatic heterocycles. The fourth-order valence-corrected chi connectivity index (χ4v) is 1.07. The minimum Gasteiger partial charge on any atom is -0.380 e. The Morgan fingerprint density at radius 2 is 2.31 bits per heavy atom. The molecule has 0 aromatic heterocycles. The Morgan fingerprint density at radius 1 is 1.54 bits per heavy atom. The lowest BCUT2D eigenvalue weighted by Gasteiger charge is -2.17. The summed E-state index contributed by atoms with van der Waals surface area (Å²) < 4.78 is 5.24. The molecule has 0 aromatic rings. The van der Waals surface area contributed by atoms with Gasteiger partial charge in [0.25, 0.3) is 0 Å². The first-order valence-electron chi connectivity index (χ1n) is 4.25. The van der Waals surface area contributed by atoms with Crippen LogP contribution in [-0.2, 0) is 4.74 Å². The zero-order valence-electron chi connectivity index (χ0n) is 7.98. The lowest BCUT2D eigenvalue weighted by atomic mass is 10.6.